The maximum Gasteiger partial charge on any atom is 0.0250 e. The van der Waals surface area contributed by atoms with Gasteiger partial charge in [0.25, 0.3) is 0 Å². The molecule has 0 N–H and O–H groups in total. The molecular formula is C19H13Br. The fourth-order valence-corrected chi connectivity index (χ4v) is 3.53. The van der Waals surface area contributed by atoms with Gasteiger partial charge in [0.15, 0.2) is 0 Å². The third-order valence-electron chi connectivity index (χ3n) is 3.98. The minimum absolute atomic E-state index is 1.02. The molecule has 1 aliphatic carbocycles. The molecular weight excluding hydrogens is 308 g/mol. The molecule has 0 atom stereocenters. The molecule has 20 heavy (non-hydrogen) atoms. The zero-order valence-electron chi connectivity index (χ0n) is 10.9. The van der Waals surface area contributed by atoms with Crippen LogP contribution in [-0.2, 0) is 6.42 Å². The summed E-state index contributed by atoms with van der Waals surface area (Å²) in [6.45, 7) is 0. The summed E-state index contributed by atoms with van der Waals surface area (Å²) in [6.07, 6.45) is 3.34. The molecule has 0 saturated carbocycles. The van der Waals surface area contributed by atoms with Gasteiger partial charge < -0.3 is 0 Å². The third-order valence-corrected chi connectivity index (χ3v) is 4.67. The molecule has 0 aliphatic heterocycles. The Labute approximate surface area is 126 Å². The van der Waals surface area contributed by atoms with E-state index in [1.807, 2.05) is 0 Å². The van der Waals surface area contributed by atoms with Gasteiger partial charge in [-0.15, -0.1) is 0 Å². The van der Waals surface area contributed by atoms with Crippen LogP contribution in [0.2, 0.25) is 0 Å². The predicted octanol–water partition coefficient (Wildman–Crippen LogP) is 5.70. The van der Waals surface area contributed by atoms with Crippen molar-refractivity contribution in [2.45, 2.75) is 6.42 Å². The monoisotopic (exact) mass is 320 g/mol. The van der Waals surface area contributed by atoms with E-state index in [1.54, 1.807) is 0 Å². The molecule has 0 saturated heterocycles. The molecule has 0 nitrogen and oxygen atoms in total. The molecule has 1 heteroatoms. The highest BCUT2D eigenvalue weighted by molar-refractivity contribution is 9.10. The average Bonchev–Trinajstić information content (AvgIpc) is 2.92. The molecule has 4 rings (SSSR count). The summed E-state index contributed by atoms with van der Waals surface area (Å²) in [7, 11) is 0. The van der Waals surface area contributed by atoms with Crippen molar-refractivity contribution >= 4 is 38.4 Å². The summed E-state index contributed by atoms with van der Waals surface area (Å²) in [5.41, 5.74) is 5.49. The van der Waals surface area contributed by atoms with Gasteiger partial charge >= 0.3 is 0 Å². The van der Waals surface area contributed by atoms with Crippen LogP contribution in [0, 0.1) is 0 Å². The Balaban J connectivity index is 1.91. The van der Waals surface area contributed by atoms with E-state index in [2.05, 4.69) is 82.7 Å². The second-order valence-electron chi connectivity index (χ2n) is 5.19. The highest BCUT2D eigenvalue weighted by Gasteiger charge is 2.17. The van der Waals surface area contributed by atoms with Crippen LogP contribution in [0.4, 0.5) is 0 Å². The Hall–Kier alpha value is -1.86. The standard InChI is InChI=1S/C19H13Br/c20-19-10-4-7-14-11-15(12-18(14)19)17-9-3-6-13-5-1-2-8-16(13)17/h1-10,12H,11H2. The molecule has 0 aromatic heterocycles. The van der Waals surface area contributed by atoms with Gasteiger partial charge in [-0.25, -0.2) is 0 Å². The van der Waals surface area contributed by atoms with E-state index in [0.29, 0.717) is 0 Å². The Morgan fingerprint density at radius 1 is 0.800 bits per heavy atom. The number of hydrogen-bond acceptors (Lipinski definition) is 0. The number of rotatable bonds is 1. The molecule has 3 aromatic carbocycles. The summed E-state index contributed by atoms with van der Waals surface area (Å²) in [5, 5.41) is 2.64. The van der Waals surface area contributed by atoms with Crippen LogP contribution >= 0.6 is 15.9 Å². The number of fused-ring (bicyclic) bond motifs is 2. The largest absolute Gasteiger partial charge is 0.0616 e. The summed E-state index contributed by atoms with van der Waals surface area (Å²) < 4.78 is 1.19. The topological polar surface area (TPSA) is 0 Å². The summed E-state index contributed by atoms with van der Waals surface area (Å²) in [4.78, 5) is 0. The van der Waals surface area contributed by atoms with Crippen LogP contribution in [0.3, 0.4) is 0 Å². The van der Waals surface area contributed by atoms with Crippen molar-refractivity contribution in [3.05, 3.63) is 81.8 Å². The summed E-state index contributed by atoms with van der Waals surface area (Å²) >= 11 is 3.65. The van der Waals surface area contributed by atoms with E-state index < -0.39 is 0 Å². The van der Waals surface area contributed by atoms with Crippen LogP contribution in [0.5, 0.6) is 0 Å². The van der Waals surface area contributed by atoms with Crippen LogP contribution in [0.15, 0.2) is 65.1 Å². The van der Waals surface area contributed by atoms with Gasteiger partial charge in [0.1, 0.15) is 0 Å². The van der Waals surface area contributed by atoms with Gasteiger partial charge in [-0.1, -0.05) is 70.5 Å². The van der Waals surface area contributed by atoms with Crippen molar-refractivity contribution < 1.29 is 0 Å². The van der Waals surface area contributed by atoms with Crippen LogP contribution in [0.1, 0.15) is 16.7 Å². The van der Waals surface area contributed by atoms with E-state index >= 15 is 0 Å². The quantitative estimate of drug-likeness (QED) is 0.539. The van der Waals surface area contributed by atoms with Crippen LogP contribution in [-0.4, -0.2) is 0 Å². The number of allylic oxidation sites excluding steroid dienone is 1. The van der Waals surface area contributed by atoms with Crippen molar-refractivity contribution in [3.8, 4) is 0 Å². The lowest BCUT2D eigenvalue weighted by molar-refractivity contribution is 1.31. The highest BCUT2D eigenvalue weighted by Crippen LogP contribution is 2.37. The Morgan fingerprint density at radius 2 is 1.60 bits per heavy atom. The van der Waals surface area contributed by atoms with Gasteiger partial charge in [-0.05, 0) is 51.6 Å². The van der Waals surface area contributed by atoms with E-state index in [0.717, 1.165) is 6.42 Å². The van der Waals surface area contributed by atoms with Gasteiger partial charge in [0.2, 0.25) is 0 Å². The van der Waals surface area contributed by atoms with Crippen molar-refractivity contribution in [3.63, 3.8) is 0 Å². The number of halogens is 1. The molecule has 3 aromatic rings. The van der Waals surface area contributed by atoms with Crippen molar-refractivity contribution in [2.75, 3.05) is 0 Å². The maximum atomic E-state index is 3.65. The maximum absolute atomic E-state index is 3.65. The fourth-order valence-electron chi connectivity index (χ4n) is 3.01. The van der Waals surface area contributed by atoms with Crippen LogP contribution in [0.25, 0.3) is 22.4 Å². The van der Waals surface area contributed by atoms with E-state index in [4.69, 9.17) is 0 Å². The predicted molar refractivity (Wildman–Crippen MR) is 89.7 cm³/mol. The third kappa shape index (κ3) is 1.82. The molecule has 0 spiro atoms. The van der Waals surface area contributed by atoms with Crippen molar-refractivity contribution in [2.24, 2.45) is 0 Å². The van der Waals surface area contributed by atoms with Gasteiger partial charge in [-0.2, -0.15) is 0 Å². The Bertz CT molecular complexity index is 838. The van der Waals surface area contributed by atoms with Crippen molar-refractivity contribution in [1.82, 2.24) is 0 Å². The lowest BCUT2D eigenvalue weighted by Crippen LogP contribution is -1.87. The van der Waals surface area contributed by atoms with E-state index in [-0.39, 0.29) is 0 Å². The average molecular weight is 321 g/mol. The van der Waals surface area contributed by atoms with Crippen LogP contribution < -0.4 is 0 Å². The zero-order valence-corrected chi connectivity index (χ0v) is 12.5. The first-order chi connectivity index (χ1) is 9.83. The minimum atomic E-state index is 1.02. The lowest BCUT2D eigenvalue weighted by atomic mass is 9.97. The Kier molecular flexibility index (Phi) is 2.75. The molecule has 0 fully saturated rings. The lowest BCUT2D eigenvalue weighted by Gasteiger charge is -2.07. The molecule has 96 valence electrons. The number of benzene rings is 3. The zero-order chi connectivity index (χ0) is 13.5. The SMILES string of the molecule is Brc1cccc2c1C=C(c1cccc3ccccc13)C2. The summed E-state index contributed by atoms with van der Waals surface area (Å²) in [5.74, 6) is 0. The molecule has 0 bridgehead atoms. The van der Waals surface area contributed by atoms with Crippen molar-refractivity contribution in [1.29, 1.82) is 0 Å². The van der Waals surface area contributed by atoms with Gasteiger partial charge in [0.05, 0.1) is 0 Å². The normalized spacial score (nSPS) is 13.3. The first-order valence-electron chi connectivity index (χ1n) is 6.79. The first-order valence-corrected chi connectivity index (χ1v) is 7.58. The molecule has 0 unspecified atom stereocenters. The first kappa shape index (κ1) is 11.9. The van der Waals surface area contributed by atoms with Gasteiger partial charge in [-0.3, -0.25) is 0 Å². The Morgan fingerprint density at radius 3 is 2.50 bits per heavy atom. The highest BCUT2D eigenvalue weighted by atomic mass is 79.9. The molecule has 0 radical (unpaired) electrons. The fraction of sp³-hybridized carbons (Fsp3) is 0.0526. The summed E-state index contributed by atoms with van der Waals surface area (Å²) in [6, 6.07) is 21.6. The minimum Gasteiger partial charge on any atom is -0.0616 e. The number of hydrogen-bond donors (Lipinski definition) is 0. The van der Waals surface area contributed by atoms with E-state index in [1.165, 1.54) is 37.5 Å². The molecule has 1 aliphatic rings. The van der Waals surface area contributed by atoms with Gasteiger partial charge in [0, 0.05) is 4.47 Å². The smallest absolute Gasteiger partial charge is 0.0250 e. The van der Waals surface area contributed by atoms with E-state index in [9.17, 15) is 0 Å². The second-order valence-corrected chi connectivity index (χ2v) is 6.04. The second kappa shape index (κ2) is 4.60. The molecule has 0 heterocycles. The molecule has 0 amide bonds.